The van der Waals surface area contributed by atoms with Gasteiger partial charge in [-0.15, -0.1) is 0 Å². The zero-order valence-electron chi connectivity index (χ0n) is 10.0. The molecule has 1 heterocycles. The van der Waals surface area contributed by atoms with Crippen molar-refractivity contribution in [3.63, 3.8) is 0 Å². The molecule has 0 aliphatic rings. The van der Waals surface area contributed by atoms with Crippen molar-refractivity contribution in [3.05, 3.63) is 47.3 Å². The van der Waals surface area contributed by atoms with Crippen LogP contribution in [0, 0.1) is 5.82 Å². The van der Waals surface area contributed by atoms with Crippen LogP contribution in [0.3, 0.4) is 0 Å². The minimum atomic E-state index is -0.344. The molecule has 1 aromatic carbocycles. The maximum Gasteiger partial charge on any atom is 0.145 e. The molecule has 90 valence electrons. The molecule has 0 unspecified atom stereocenters. The molecule has 0 N–H and O–H groups in total. The summed E-state index contributed by atoms with van der Waals surface area (Å²) < 4.78 is 15.8. The third kappa shape index (κ3) is 2.34. The van der Waals surface area contributed by atoms with Gasteiger partial charge in [0.05, 0.1) is 11.3 Å². The van der Waals surface area contributed by atoms with E-state index in [0.29, 0.717) is 5.56 Å². The highest BCUT2D eigenvalue weighted by molar-refractivity contribution is 6.31. The van der Waals surface area contributed by atoms with Gasteiger partial charge in [-0.3, -0.25) is 0 Å². The van der Waals surface area contributed by atoms with E-state index < -0.39 is 0 Å². The third-order valence-electron chi connectivity index (χ3n) is 2.62. The number of benzene rings is 1. The topological polar surface area (TPSA) is 17.8 Å². The molecule has 0 saturated carbocycles. The zero-order valence-corrected chi connectivity index (χ0v) is 10.8. The molecular weight excluding hydrogens is 239 g/mol. The van der Waals surface area contributed by atoms with Gasteiger partial charge in [-0.05, 0) is 23.1 Å². The van der Waals surface area contributed by atoms with Crippen LogP contribution >= 0.6 is 11.6 Å². The molecule has 4 heteroatoms. The lowest BCUT2D eigenvalue weighted by Crippen LogP contribution is -2.14. The van der Waals surface area contributed by atoms with Crippen molar-refractivity contribution in [2.75, 3.05) is 0 Å². The molecule has 1 aromatic heterocycles. The lowest BCUT2D eigenvalue weighted by Gasteiger charge is -2.21. The fourth-order valence-electron chi connectivity index (χ4n) is 1.68. The Kier molecular flexibility index (Phi) is 2.96. The average Bonchev–Trinajstić information content (AvgIpc) is 2.73. The quantitative estimate of drug-likeness (QED) is 0.751. The lowest BCUT2D eigenvalue weighted by molar-refractivity contribution is 0.522. The second kappa shape index (κ2) is 4.15. The SMILES string of the molecule is CC(C)(C)c1cc(-n2ccnc2)cc(Cl)c1F. The van der Waals surface area contributed by atoms with E-state index in [9.17, 15) is 4.39 Å². The normalized spacial score (nSPS) is 11.8. The van der Waals surface area contributed by atoms with Gasteiger partial charge in [-0.1, -0.05) is 32.4 Å². The molecule has 0 fully saturated rings. The maximum atomic E-state index is 14.0. The highest BCUT2D eigenvalue weighted by Gasteiger charge is 2.21. The van der Waals surface area contributed by atoms with Crippen LogP contribution in [0.5, 0.6) is 0 Å². The summed E-state index contributed by atoms with van der Waals surface area (Å²) in [5.41, 5.74) is 1.14. The standard InChI is InChI=1S/C13H14ClFN2/c1-13(2,3)10-6-9(7-11(14)12(10)15)17-5-4-16-8-17/h4-8H,1-3H3. The molecule has 0 bridgehead atoms. The summed E-state index contributed by atoms with van der Waals surface area (Å²) in [6, 6.07) is 3.41. The second-order valence-corrected chi connectivity index (χ2v) is 5.42. The summed E-state index contributed by atoms with van der Waals surface area (Å²) in [6.45, 7) is 5.87. The van der Waals surface area contributed by atoms with E-state index in [1.807, 2.05) is 26.8 Å². The van der Waals surface area contributed by atoms with Crippen molar-refractivity contribution in [2.45, 2.75) is 26.2 Å². The zero-order chi connectivity index (χ0) is 12.6. The summed E-state index contributed by atoms with van der Waals surface area (Å²) in [7, 11) is 0. The van der Waals surface area contributed by atoms with Crippen LogP contribution in [-0.2, 0) is 5.41 Å². The Morgan fingerprint density at radius 1 is 1.29 bits per heavy atom. The van der Waals surface area contributed by atoms with Crippen molar-refractivity contribution in [1.82, 2.24) is 9.55 Å². The van der Waals surface area contributed by atoms with Gasteiger partial charge in [-0.2, -0.15) is 0 Å². The molecule has 0 spiro atoms. The average molecular weight is 253 g/mol. The maximum absolute atomic E-state index is 14.0. The van der Waals surface area contributed by atoms with E-state index in [1.165, 1.54) is 0 Å². The Morgan fingerprint density at radius 2 is 2.00 bits per heavy atom. The molecule has 0 aliphatic carbocycles. The Morgan fingerprint density at radius 3 is 2.53 bits per heavy atom. The summed E-state index contributed by atoms with van der Waals surface area (Å²) in [6.07, 6.45) is 5.14. The first-order valence-corrected chi connectivity index (χ1v) is 5.75. The minimum Gasteiger partial charge on any atom is -0.306 e. The van der Waals surface area contributed by atoms with Crippen LogP contribution in [0.25, 0.3) is 5.69 Å². The molecule has 2 rings (SSSR count). The van der Waals surface area contributed by atoms with Crippen molar-refractivity contribution in [1.29, 1.82) is 0 Å². The Balaban J connectivity index is 2.62. The van der Waals surface area contributed by atoms with E-state index >= 15 is 0 Å². The van der Waals surface area contributed by atoms with Crippen LogP contribution in [0.2, 0.25) is 5.02 Å². The molecule has 0 aliphatic heterocycles. The van der Waals surface area contributed by atoms with Gasteiger partial charge in [0.25, 0.3) is 0 Å². The van der Waals surface area contributed by atoms with Gasteiger partial charge < -0.3 is 4.57 Å². The van der Waals surface area contributed by atoms with Gasteiger partial charge in [0, 0.05) is 18.1 Å². The van der Waals surface area contributed by atoms with Crippen LogP contribution in [0.15, 0.2) is 30.9 Å². The number of imidazole rings is 1. The Labute approximate surface area is 105 Å². The number of hydrogen-bond donors (Lipinski definition) is 0. The minimum absolute atomic E-state index is 0.140. The van der Waals surface area contributed by atoms with Gasteiger partial charge >= 0.3 is 0 Å². The predicted octanol–water partition coefficient (Wildman–Crippen LogP) is 3.96. The summed E-state index contributed by atoms with van der Waals surface area (Å²) in [5, 5.41) is 0.140. The van der Waals surface area contributed by atoms with Gasteiger partial charge in [-0.25, -0.2) is 9.37 Å². The Hall–Kier alpha value is -1.35. The van der Waals surface area contributed by atoms with E-state index in [-0.39, 0.29) is 16.3 Å². The van der Waals surface area contributed by atoms with Crippen molar-refractivity contribution in [3.8, 4) is 5.69 Å². The number of aromatic nitrogens is 2. The van der Waals surface area contributed by atoms with Crippen LogP contribution in [-0.4, -0.2) is 9.55 Å². The first-order valence-electron chi connectivity index (χ1n) is 5.37. The van der Waals surface area contributed by atoms with Crippen molar-refractivity contribution < 1.29 is 4.39 Å². The number of hydrogen-bond acceptors (Lipinski definition) is 1. The second-order valence-electron chi connectivity index (χ2n) is 5.01. The first kappa shape index (κ1) is 12.1. The Bertz CT molecular complexity index is 527. The molecule has 17 heavy (non-hydrogen) atoms. The highest BCUT2D eigenvalue weighted by Crippen LogP contribution is 2.31. The molecule has 0 saturated heterocycles. The monoisotopic (exact) mass is 252 g/mol. The largest absolute Gasteiger partial charge is 0.306 e. The fraction of sp³-hybridized carbons (Fsp3) is 0.308. The van der Waals surface area contributed by atoms with Crippen LogP contribution in [0.1, 0.15) is 26.3 Å². The van der Waals surface area contributed by atoms with Gasteiger partial charge in [0.15, 0.2) is 0 Å². The summed E-state index contributed by atoms with van der Waals surface area (Å²) in [4.78, 5) is 3.97. The predicted molar refractivity (Wildman–Crippen MR) is 67.2 cm³/mol. The first-order chi connectivity index (χ1) is 7.89. The van der Waals surface area contributed by atoms with E-state index in [0.717, 1.165) is 5.69 Å². The molecular formula is C13H14ClFN2. The van der Waals surface area contributed by atoms with Gasteiger partial charge in [0.2, 0.25) is 0 Å². The molecule has 0 radical (unpaired) electrons. The molecule has 0 atom stereocenters. The smallest absolute Gasteiger partial charge is 0.145 e. The van der Waals surface area contributed by atoms with E-state index in [2.05, 4.69) is 4.98 Å². The molecule has 2 aromatic rings. The number of halogens is 2. The number of rotatable bonds is 1. The van der Waals surface area contributed by atoms with Crippen molar-refractivity contribution >= 4 is 11.6 Å². The van der Waals surface area contributed by atoms with Crippen molar-refractivity contribution in [2.24, 2.45) is 0 Å². The fourth-order valence-corrected chi connectivity index (χ4v) is 1.90. The highest BCUT2D eigenvalue weighted by atomic mass is 35.5. The van der Waals surface area contributed by atoms with E-state index in [1.54, 1.807) is 29.4 Å². The summed E-state index contributed by atoms with van der Waals surface area (Å²) in [5.74, 6) is -0.344. The third-order valence-corrected chi connectivity index (χ3v) is 2.90. The van der Waals surface area contributed by atoms with Crippen LogP contribution in [0.4, 0.5) is 4.39 Å². The van der Waals surface area contributed by atoms with Gasteiger partial charge in [0.1, 0.15) is 5.82 Å². The molecule has 0 amide bonds. The number of nitrogens with zero attached hydrogens (tertiary/aromatic N) is 2. The van der Waals surface area contributed by atoms with Crippen LogP contribution < -0.4 is 0 Å². The molecule has 2 nitrogen and oxygen atoms in total. The lowest BCUT2D eigenvalue weighted by atomic mass is 9.86. The van der Waals surface area contributed by atoms with E-state index in [4.69, 9.17) is 11.6 Å². The summed E-state index contributed by atoms with van der Waals surface area (Å²) >= 11 is 5.93.